The predicted molar refractivity (Wildman–Crippen MR) is 104 cm³/mol. The van der Waals surface area contributed by atoms with Gasteiger partial charge < -0.3 is 19.7 Å². The highest BCUT2D eigenvalue weighted by atomic mass is 19.2. The van der Waals surface area contributed by atoms with Crippen molar-refractivity contribution in [1.29, 1.82) is 0 Å². The van der Waals surface area contributed by atoms with E-state index < -0.39 is 35.5 Å². The number of anilines is 2. The second-order valence-electron chi connectivity index (χ2n) is 6.77. The van der Waals surface area contributed by atoms with Gasteiger partial charge in [-0.1, -0.05) is 12.1 Å². The maximum absolute atomic E-state index is 13.3. The number of rotatable bonds is 6. The normalized spacial score (nSPS) is 16.9. The summed E-state index contributed by atoms with van der Waals surface area (Å²) in [5, 5.41) is 2.35. The van der Waals surface area contributed by atoms with Gasteiger partial charge in [0.1, 0.15) is 5.75 Å². The van der Waals surface area contributed by atoms with Crippen LogP contribution >= 0.6 is 0 Å². The molecule has 1 heterocycles. The van der Waals surface area contributed by atoms with Crippen molar-refractivity contribution in [1.82, 2.24) is 0 Å². The number of hydrogen-bond donors (Lipinski definition) is 1. The van der Waals surface area contributed by atoms with E-state index in [9.17, 15) is 23.2 Å². The summed E-state index contributed by atoms with van der Waals surface area (Å²) in [6.07, 6.45) is -1.25. The molecule has 1 N–H and O–H groups in total. The zero-order valence-corrected chi connectivity index (χ0v) is 16.4. The van der Waals surface area contributed by atoms with E-state index in [0.717, 1.165) is 12.1 Å². The number of carbonyl (C=O) groups is 3. The van der Waals surface area contributed by atoms with Gasteiger partial charge in [0.15, 0.2) is 17.7 Å². The van der Waals surface area contributed by atoms with Crippen LogP contribution in [0.2, 0.25) is 0 Å². The van der Waals surface area contributed by atoms with E-state index >= 15 is 0 Å². The maximum Gasteiger partial charge on any atom is 0.312 e. The Kier molecular flexibility index (Phi) is 6.29. The fourth-order valence-corrected chi connectivity index (χ4v) is 3.09. The molecule has 1 saturated heterocycles. The van der Waals surface area contributed by atoms with Gasteiger partial charge in [-0.2, -0.15) is 0 Å². The van der Waals surface area contributed by atoms with Crippen molar-refractivity contribution in [3.63, 3.8) is 0 Å². The van der Waals surface area contributed by atoms with Gasteiger partial charge in [-0.15, -0.1) is 0 Å². The summed E-state index contributed by atoms with van der Waals surface area (Å²) in [6, 6.07) is 9.82. The molecule has 2 aromatic carbocycles. The minimum absolute atomic E-state index is 0.0280. The summed E-state index contributed by atoms with van der Waals surface area (Å²) in [7, 11) is 1.48. The molecule has 1 aliphatic rings. The second-order valence-corrected chi connectivity index (χ2v) is 6.77. The first-order valence-electron chi connectivity index (χ1n) is 9.20. The summed E-state index contributed by atoms with van der Waals surface area (Å²) in [4.78, 5) is 38.5. The number of methoxy groups -OCH3 is 1. The zero-order chi connectivity index (χ0) is 21.8. The Labute approximate surface area is 171 Å². The maximum atomic E-state index is 13.3. The molecular weight excluding hydrogens is 398 g/mol. The lowest BCUT2D eigenvalue weighted by Gasteiger charge is -2.20. The molecule has 2 atom stereocenters. The quantitative estimate of drug-likeness (QED) is 0.730. The molecule has 3 rings (SSSR count). The third kappa shape index (κ3) is 4.56. The highest BCUT2D eigenvalue weighted by molar-refractivity contribution is 6.01. The molecule has 9 heteroatoms. The molecular formula is C21H20F2N2O5. The molecule has 0 radical (unpaired) electrons. The van der Waals surface area contributed by atoms with E-state index in [1.54, 1.807) is 24.3 Å². The van der Waals surface area contributed by atoms with Crippen LogP contribution in [0.5, 0.6) is 5.75 Å². The first-order chi connectivity index (χ1) is 14.3. The minimum atomic E-state index is -1.19. The average Bonchev–Trinajstić information content (AvgIpc) is 3.12. The molecule has 2 aromatic rings. The van der Waals surface area contributed by atoms with Crippen LogP contribution in [-0.4, -0.2) is 37.5 Å². The van der Waals surface area contributed by atoms with Crippen molar-refractivity contribution in [3.05, 3.63) is 54.1 Å². The molecule has 0 aliphatic carbocycles. The topological polar surface area (TPSA) is 84.9 Å². The lowest BCUT2D eigenvalue weighted by molar-refractivity contribution is -0.157. The predicted octanol–water partition coefficient (Wildman–Crippen LogP) is 2.90. The molecule has 158 valence electrons. The van der Waals surface area contributed by atoms with Crippen molar-refractivity contribution >= 4 is 29.2 Å². The highest BCUT2D eigenvalue weighted by Crippen LogP contribution is 2.33. The van der Waals surface area contributed by atoms with Crippen molar-refractivity contribution in [2.75, 3.05) is 23.9 Å². The monoisotopic (exact) mass is 418 g/mol. The van der Waals surface area contributed by atoms with Gasteiger partial charge in [-0.3, -0.25) is 14.4 Å². The lowest BCUT2D eigenvalue weighted by Crippen LogP contribution is -2.33. The van der Waals surface area contributed by atoms with E-state index in [0.29, 0.717) is 11.4 Å². The standard InChI is InChI=1S/C21H20F2N2O5/c1-12(20(27)24-14-7-8-15(22)16(23)10-14)30-21(28)13-9-19(26)25(11-13)17-5-3-4-6-18(17)29-2/h3-8,10,12-13H,9,11H2,1-2H3,(H,24,27)/t12-,13-/m0/s1. The Balaban J connectivity index is 1.60. The van der Waals surface area contributed by atoms with Crippen molar-refractivity contribution in [3.8, 4) is 5.75 Å². The Morgan fingerprint density at radius 3 is 2.60 bits per heavy atom. The molecule has 2 amide bonds. The number of nitrogens with zero attached hydrogens (tertiary/aromatic N) is 1. The molecule has 1 fully saturated rings. The first kappa shape index (κ1) is 21.2. The van der Waals surface area contributed by atoms with Crippen molar-refractivity contribution in [2.24, 2.45) is 5.92 Å². The largest absolute Gasteiger partial charge is 0.495 e. The second kappa shape index (κ2) is 8.89. The highest BCUT2D eigenvalue weighted by Gasteiger charge is 2.38. The number of amides is 2. The Hall–Kier alpha value is -3.49. The van der Waals surface area contributed by atoms with Gasteiger partial charge in [0.2, 0.25) is 5.91 Å². The Bertz CT molecular complexity index is 982. The van der Waals surface area contributed by atoms with Crippen molar-refractivity contribution < 1.29 is 32.6 Å². The van der Waals surface area contributed by atoms with Gasteiger partial charge in [-0.05, 0) is 31.2 Å². The van der Waals surface area contributed by atoms with Crippen LogP contribution in [-0.2, 0) is 19.1 Å². The molecule has 0 spiro atoms. The average molecular weight is 418 g/mol. The van der Waals surface area contributed by atoms with Crippen LogP contribution in [0.3, 0.4) is 0 Å². The molecule has 7 nitrogen and oxygen atoms in total. The number of nitrogens with one attached hydrogen (secondary N) is 1. The van der Waals surface area contributed by atoms with Crippen LogP contribution in [0.25, 0.3) is 0 Å². The van der Waals surface area contributed by atoms with Gasteiger partial charge in [0.05, 0.1) is 18.7 Å². The van der Waals surface area contributed by atoms with Crippen molar-refractivity contribution in [2.45, 2.75) is 19.4 Å². The summed E-state index contributed by atoms with van der Waals surface area (Å²) < 4.78 is 36.7. The Morgan fingerprint density at radius 2 is 1.90 bits per heavy atom. The molecule has 0 aromatic heterocycles. The summed E-state index contributed by atoms with van der Waals surface area (Å²) in [6.45, 7) is 1.44. The number of halogens is 2. The third-order valence-electron chi connectivity index (χ3n) is 4.68. The van der Waals surface area contributed by atoms with Crippen LogP contribution in [0.1, 0.15) is 13.3 Å². The van der Waals surface area contributed by atoms with Crippen LogP contribution < -0.4 is 15.0 Å². The fourth-order valence-electron chi connectivity index (χ4n) is 3.09. The van der Waals surface area contributed by atoms with Gasteiger partial charge in [-0.25, -0.2) is 8.78 Å². The van der Waals surface area contributed by atoms with E-state index in [2.05, 4.69) is 5.32 Å². The molecule has 30 heavy (non-hydrogen) atoms. The number of hydrogen-bond acceptors (Lipinski definition) is 5. The molecule has 0 saturated carbocycles. The number of benzene rings is 2. The van der Waals surface area contributed by atoms with Gasteiger partial charge >= 0.3 is 5.97 Å². The number of ether oxygens (including phenoxy) is 2. The van der Waals surface area contributed by atoms with Crippen LogP contribution in [0.4, 0.5) is 20.2 Å². The van der Waals surface area contributed by atoms with Crippen LogP contribution in [0.15, 0.2) is 42.5 Å². The molecule has 0 bridgehead atoms. The van der Waals surface area contributed by atoms with E-state index in [1.807, 2.05) is 0 Å². The number of carbonyl (C=O) groups excluding carboxylic acids is 3. The van der Waals surface area contributed by atoms with E-state index in [4.69, 9.17) is 9.47 Å². The minimum Gasteiger partial charge on any atom is -0.495 e. The SMILES string of the molecule is COc1ccccc1N1C[C@@H](C(=O)O[C@@H](C)C(=O)Nc2ccc(F)c(F)c2)CC1=O. The van der Waals surface area contributed by atoms with E-state index in [1.165, 1.54) is 25.0 Å². The Morgan fingerprint density at radius 1 is 1.17 bits per heavy atom. The lowest BCUT2D eigenvalue weighted by atomic mass is 10.1. The van der Waals surface area contributed by atoms with Gasteiger partial charge in [0.25, 0.3) is 5.91 Å². The van der Waals surface area contributed by atoms with Gasteiger partial charge in [0, 0.05) is 24.7 Å². The smallest absolute Gasteiger partial charge is 0.312 e. The van der Waals surface area contributed by atoms with E-state index in [-0.39, 0.29) is 24.6 Å². The molecule has 1 aliphatic heterocycles. The summed E-state index contributed by atoms with van der Waals surface area (Å²) in [5.41, 5.74) is 0.574. The van der Waals surface area contributed by atoms with Crippen LogP contribution in [0, 0.1) is 17.6 Å². The first-order valence-corrected chi connectivity index (χ1v) is 9.20. The number of esters is 1. The fraction of sp³-hybridized carbons (Fsp3) is 0.286. The summed E-state index contributed by atoms with van der Waals surface area (Å²) in [5.74, 6) is -4.08. The zero-order valence-electron chi connectivity index (χ0n) is 16.4. The molecule has 0 unspecified atom stereocenters. The number of para-hydroxylation sites is 2. The third-order valence-corrected chi connectivity index (χ3v) is 4.68. The summed E-state index contributed by atoms with van der Waals surface area (Å²) >= 11 is 0.